The lowest BCUT2D eigenvalue weighted by atomic mass is 10.2. The molecule has 2 aromatic rings. The number of benzene rings is 1. The molecule has 0 amide bonds. The van der Waals surface area contributed by atoms with Crippen LogP contribution in [0.5, 0.6) is 5.75 Å². The third-order valence-electron chi connectivity index (χ3n) is 3.39. The van der Waals surface area contributed by atoms with Crippen LogP contribution in [0.15, 0.2) is 53.7 Å². The largest absolute Gasteiger partial charge is 0.492 e. The Morgan fingerprint density at radius 3 is 2.67 bits per heavy atom. The molecule has 1 aromatic heterocycles. The summed E-state index contributed by atoms with van der Waals surface area (Å²) in [7, 11) is 0. The molecule has 0 unspecified atom stereocenters. The summed E-state index contributed by atoms with van der Waals surface area (Å²) in [5.74, 6) is 1.70. The first-order chi connectivity index (χ1) is 11.8. The number of aromatic nitrogens is 1. The van der Waals surface area contributed by atoms with Gasteiger partial charge in [0.2, 0.25) is 0 Å². The van der Waals surface area contributed by atoms with Crippen molar-refractivity contribution in [2.75, 3.05) is 26.2 Å². The molecule has 0 aliphatic heterocycles. The molecule has 128 valence electrons. The van der Waals surface area contributed by atoms with Gasteiger partial charge in [0.15, 0.2) is 5.96 Å². The molecule has 0 spiro atoms. The van der Waals surface area contributed by atoms with Gasteiger partial charge in [-0.15, -0.1) is 0 Å². The predicted octanol–water partition coefficient (Wildman–Crippen LogP) is 2.57. The van der Waals surface area contributed by atoms with E-state index in [0.29, 0.717) is 13.2 Å². The van der Waals surface area contributed by atoms with Crippen molar-refractivity contribution in [3.8, 4) is 5.75 Å². The lowest BCUT2D eigenvalue weighted by Gasteiger charge is -2.12. The molecule has 2 rings (SSSR count). The zero-order valence-corrected chi connectivity index (χ0v) is 14.5. The van der Waals surface area contributed by atoms with E-state index < -0.39 is 0 Å². The molecule has 0 bridgehead atoms. The molecule has 1 aromatic carbocycles. The van der Waals surface area contributed by atoms with E-state index in [1.54, 1.807) is 0 Å². The molecule has 5 nitrogen and oxygen atoms in total. The van der Waals surface area contributed by atoms with Crippen molar-refractivity contribution in [3.05, 3.63) is 59.9 Å². The predicted molar refractivity (Wildman–Crippen MR) is 98.6 cm³/mol. The molecule has 0 aliphatic carbocycles. The highest BCUT2D eigenvalue weighted by molar-refractivity contribution is 5.79. The Bertz CT molecular complexity index is 611. The van der Waals surface area contributed by atoms with Gasteiger partial charge in [-0.2, -0.15) is 0 Å². The second kappa shape index (κ2) is 10.3. The second-order valence-electron chi connectivity index (χ2n) is 5.41. The number of hydrogen-bond donors (Lipinski definition) is 2. The van der Waals surface area contributed by atoms with Crippen LogP contribution in [-0.4, -0.2) is 37.2 Å². The minimum atomic E-state index is 0.594. The van der Waals surface area contributed by atoms with Crippen LogP contribution >= 0.6 is 0 Å². The SMILES string of the molecule is CCNC(=NCCc1ccc(C)nc1)NCCOc1ccccc1. The Labute approximate surface area is 144 Å². The Morgan fingerprint density at radius 2 is 1.96 bits per heavy atom. The summed E-state index contributed by atoms with van der Waals surface area (Å²) in [6.45, 7) is 6.90. The average molecular weight is 326 g/mol. The number of aliphatic imine (C=N–C) groups is 1. The van der Waals surface area contributed by atoms with E-state index in [0.717, 1.165) is 36.9 Å². The fourth-order valence-electron chi connectivity index (χ4n) is 2.14. The number of rotatable bonds is 8. The zero-order chi connectivity index (χ0) is 17.0. The summed E-state index contributed by atoms with van der Waals surface area (Å²) in [6.07, 6.45) is 2.79. The van der Waals surface area contributed by atoms with Gasteiger partial charge in [-0.3, -0.25) is 9.98 Å². The van der Waals surface area contributed by atoms with Crippen molar-refractivity contribution in [2.45, 2.75) is 20.3 Å². The molecule has 5 heteroatoms. The van der Waals surface area contributed by atoms with Crippen LogP contribution in [0.1, 0.15) is 18.2 Å². The summed E-state index contributed by atoms with van der Waals surface area (Å²) < 4.78 is 5.67. The molecule has 2 N–H and O–H groups in total. The van der Waals surface area contributed by atoms with Gasteiger partial charge < -0.3 is 15.4 Å². The van der Waals surface area contributed by atoms with Gasteiger partial charge in [-0.25, -0.2) is 0 Å². The van der Waals surface area contributed by atoms with Gasteiger partial charge in [-0.1, -0.05) is 24.3 Å². The topological polar surface area (TPSA) is 58.5 Å². The molecule has 0 saturated heterocycles. The lowest BCUT2D eigenvalue weighted by Crippen LogP contribution is -2.39. The van der Waals surface area contributed by atoms with E-state index in [9.17, 15) is 0 Å². The van der Waals surface area contributed by atoms with Crippen LogP contribution < -0.4 is 15.4 Å². The molecule has 1 heterocycles. The number of pyridine rings is 1. The lowest BCUT2D eigenvalue weighted by molar-refractivity contribution is 0.322. The van der Waals surface area contributed by atoms with Crippen molar-refractivity contribution in [1.29, 1.82) is 0 Å². The second-order valence-corrected chi connectivity index (χ2v) is 5.41. The molecule has 0 aliphatic rings. The van der Waals surface area contributed by atoms with E-state index in [4.69, 9.17) is 4.74 Å². The van der Waals surface area contributed by atoms with Gasteiger partial charge in [0.1, 0.15) is 12.4 Å². The molecule has 0 atom stereocenters. The highest BCUT2D eigenvalue weighted by Crippen LogP contribution is 2.07. The number of aryl methyl sites for hydroxylation is 1. The monoisotopic (exact) mass is 326 g/mol. The van der Waals surface area contributed by atoms with Gasteiger partial charge in [0, 0.05) is 25.0 Å². The first-order valence-corrected chi connectivity index (χ1v) is 8.39. The third-order valence-corrected chi connectivity index (χ3v) is 3.39. The van der Waals surface area contributed by atoms with E-state index in [-0.39, 0.29) is 0 Å². The molecule has 0 fully saturated rings. The number of ether oxygens (including phenoxy) is 1. The third kappa shape index (κ3) is 6.69. The van der Waals surface area contributed by atoms with Crippen LogP contribution in [0.3, 0.4) is 0 Å². The smallest absolute Gasteiger partial charge is 0.191 e. The normalized spacial score (nSPS) is 11.2. The van der Waals surface area contributed by atoms with Crippen molar-refractivity contribution in [3.63, 3.8) is 0 Å². The zero-order valence-electron chi connectivity index (χ0n) is 14.5. The summed E-state index contributed by atoms with van der Waals surface area (Å²) in [4.78, 5) is 8.89. The highest BCUT2D eigenvalue weighted by Gasteiger charge is 1.98. The summed E-state index contributed by atoms with van der Waals surface area (Å²) in [6, 6.07) is 14.0. The maximum Gasteiger partial charge on any atom is 0.191 e. The van der Waals surface area contributed by atoms with Crippen molar-refractivity contribution >= 4 is 5.96 Å². The van der Waals surface area contributed by atoms with Crippen molar-refractivity contribution in [1.82, 2.24) is 15.6 Å². The summed E-state index contributed by atoms with van der Waals surface area (Å²) in [5.41, 5.74) is 2.24. The van der Waals surface area contributed by atoms with E-state index >= 15 is 0 Å². The van der Waals surface area contributed by atoms with Crippen LogP contribution in [0.2, 0.25) is 0 Å². The number of guanidine groups is 1. The van der Waals surface area contributed by atoms with Gasteiger partial charge in [0.05, 0.1) is 6.54 Å². The molecular formula is C19H26N4O. The first kappa shape index (κ1) is 17.8. The number of para-hydroxylation sites is 1. The molecular weight excluding hydrogens is 300 g/mol. The first-order valence-electron chi connectivity index (χ1n) is 8.39. The average Bonchev–Trinajstić information content (AvgIpc) is 2.61. The Kier molecular flexibility index (Phi) is 7.60. The van der Waals surface area contributed by atoms with Gasteiger partial charge in [-0.05, 0) is 44.0 Å². The summed E-state index contributed by atoms with van der Waals surface area (Å²) >= 11 is 0. The molecule has 0 saturated carbocycles. The summed E-state index contributed by atoms with van der Waals surface area (Å²) in [5, 5.41) is 6.53. The van der Waals surface area contributed by atoms with Gasteiger partial charge >= 0.3 is 0 Å². The Balaban J connectivity index is 1.72. The van der Waals surface area contributed by atoms with E-state index in [1.807, 2.05) is 49.5 Å². The quantitative estimate of drug-likeness (QED) is 0.445. The number of nitrogens with one attached hydrogen (secondary N) is 2. The number of nitrogens with zero attached hydrogens (tertiary/aromatic N) is 2. The highest BCUT2D eigenvalue weighted by atomic mass is 16.5. The standard InChI is InChI=1S/C19H26N4O/c1-3-20-19(21-12-11-17-10-9-16(2)23-15-17)22-13-14-24-18-7-5-4-6-8-18/h4-10,15H,3,11-14H2,1-2H3,(H2,20,21,22). The minimum Gasteiger partial charge on any atom is -0.492 e. The fraction of sp³-hybridized carbons (Fsp3) is 0.368. The van der Waals surface area contributed by atoms with Crippen LogP contribution in [0.4, 0.5) is 0 Å². The van der Waals surface area contributed by atoms with Gasteiger partial charge in [0.25, 0.3) is 0 Å². The van der Waals surface area contributed by atoms with Crippen LogP contribution in [0, 0.1) is 6.92 Å². The van der Waals surface area contributed by atoms with Crippen molar-refractivity contribution in [2.24, 2.45) is 4.99 Å². The van der Waals surface area contributed by atoms with E-state index in [1.165, 1.54) is 5.56 Å². The van der Waals surface area contributed by atoms with E-state index in [2.05, 4.69) is 33.6 Å². The fourth-order valence-corrected chi connectivity index (χ4v) is 2.14. The maximum atomic E-state index is 5.67. The Morgan fingerprint density at radius 1 is 1.12 bits per heavy atom. The molecule has 0 radical (unpaired) electrons. The van der Waals surface area contributed by atoms with Crippen molar-refractivity contribution < 1.29 is 4.74 Å². The maximum absolute atomic E-state index is 5.67. The number of hydrogen-bond acceptors (Lipinski definition) is 3. The molecule has 24 heavy (non-hydrogen) atoms. The van der Waals surface area contributed by atoms with Crippen LogP contribution in [-0.2, 0) is 6.42 Å². The minimum absolute atomic E-state index is 0.594. The van der Waals surface area contributed by atoms with Crippen LogP contribution in [0.25, 0.3) is 0 Å². The Hall–Kier alpha value is -2.56.